The van der Waals surface area contributed by atoms with Gasteiger partial charge in [0.25, 0.3) is 0 Å². The number of pyridine rings is 1. The van der Waals surface area contributed by atoms with Crippen molar-refractivity contribution in [2.75, 3.05) is 39.3 Å². The van der Waals surface area contributed by atoms with Crippen LogP contribution in [0.25, 0.3) is 0 Å². The van der Waals surface area contributed by atoms with Crippen LogP contribution in [0.4, 0.5) is 0 Å². The Bertz CT molecular complexity index is 1070. The minimum atomic E-state index is -0.0271. The summed E-state index contributed by atoms with van der Waals surface area (Å²) in [5.74, 6) is 1.08. The number of hydrogen-bond acceptors (Lipinski definition) is 1. The average molecular weight is 555 g/mol. The van der Waals surface area contributed by atoms with Gasteiger partial charge in [-0.15, -0.1) is 0 Å². The molecular weight excluding hydrogens is 512 g/mol. The highest BCUT2D eigenvalue weighted by atomic mass is 79.9. The zero-order valence-corrected chi connectivity index (χ0v) is 23.1. The van der Waals surface area contributed by atoms with E-state index in [0.717, 1.165) is 62.9 Å². The maximum Gasteiger partial charge on any atom is 0.246 e. The van der Waals surface area contributed by atoms with Gasteiger partial charge in [0.2, 0.25) is 10.5 Å². The number of nitrogens with one attached hydrogen (secondary N) is 2. The molecule has 1 aromatic heterocycles. The van der Waals surface area contributed by atoms with Crippen LogP contribution in [0.15, 0.2) is 47.1 Å². The molecule has 4 heterocycles. The lowest BCUT2D eigenvalue weighted by atomic mass is 9.65. The highest BCUT2D eigenvalue weighted by Crippen LogP contribution is 2.44. The summed E-state index contributed by atoms with van der Waals surface area (Å²) in [5, 5.41) is 2.42. The Hall–Kier alpha value is -1.76. The number of aromatic nitrogens is 1. The largest absolute Gasteiger partial charge is 0.345 e. The fourth-order valence-corrected chi connectivity index (χ4v) is 8.40. The molecule has 3 fully saturated rings. The highest BCUT2D eigenvalue weighted by molar-refractivity contribution is 9.10. The van der Waals surface area contributed by atoms with Gasteiger partial charge in [-0.25, -0.2) is 4.98 Å². The van der Waals surface area contributed by atoms with Crippen LogP contribution in [-0.4, -0.2) is 56.1 Å². The van der Waals surface area contributed by atoms with Crippen molar-refractivity contribution in [2.45, 2.75) is 68.7 Å². The normalized spacial score (nSPS) is 30.9. The fourth-order valence-electron chi connectivity index (χ4n) is 8.03. The number of aromatic amines is 1. The molecule has 6 heteroatoms. The van der Waals surface area contributed by atoms with Crippen molar-refractivity contribution in [1.82, 2.24) is 4.90 Å². The molecule has 6 rings (SSSR count). The van der Waals surface area contributed by atoms with Gasteiger partial charge in [-0.05, 0) is 62.5 Å². The molecule has 2 aromatic rings. The third-order valence-electron chi connectivity index (χ3n) is 9.81. The number of rotatable bonds is 4. The van der Waals surface area contributed by atoms with Gasteiger partial charge in [0, 0.05) is 40.5 Å². The number of halogens is 1. The minimum absolute atomic E-state index is 0.0271. The zero-order chi connectivity index (χ0) is 24.5. The summed E-state index contributed by atoms with van der Waals surface area (Å²) < 4.78 is 1.04. The number of fused-ring (bicyclic) bond motifs is 2. The third kappa shape index (κ3) is 4.65. The van der Waals surface area contributed by atoms with E-state index in [0.29, 0.717) is 17.9 Å². The molecule has 3 saturated heterocycles. The molecule has 4 atom stereocenters. The van der Waals surface area contributed by atoms with Crippen molar-refractivity contribution in [3.63, 3.8) is 0 Å². The van der Waals surface area contributed by atoms with Gasteiger partial charge in [-0.3, -0.25) is 4.79 Å². The van der Waals surface area contributed by atoms with Crippen molar-refractivity contribution in [3.05, 3.63) is 63.9 Å². The average Bonchev–Trinajstić information content (AvgIpc) is 3.33. The molecule has 192 valence electrons. The topological polar surface area (TPSA) is 55.5 Å². The summed E-state index contributed by atoms with van der Waals surface area (Å²) in [6.45, 7) is 6.53. The van der Waals surface area contributed by atoms with Crippen LogP contribution in [0.1, 0.15) is 67.7 Å². The van der Waals surface area contributed by atoms with Crippen LogP contribution in [0, 0.1) is 5.92 Å². The van der Waals surface area contributed by atoms with Gasteiger partial charge in [-0.2, -0.15) is 0 Å². The van der Waals surface area contributed by atoms with E-state index in [2.05, 4.69) is 73.6 Å². The number of piperidine rings is 2. The van der Waals surface area contributed by atoms with Gasteiger partial charge < -0.3 is 15.1 Å². The van der Waals surface area contributed by atoms with Gasteiger partial charge in [0.15, 0.2) is 5.69 Å². The number of hydrogen-bond donors (Lipinski definition) is 2. The Morgan fingerprint density at radius 2 is 1.94 bits per heavy atom. The Morgan fingerprint density at radius 1 is 1.11 bits per heavy atom. The quantitative estimate of drug-likeness (QED) is 0.558. The standard InChI is InChI=1S/C30H39BrN4O/c31-28-12-11-25-27(33-28)10-7-14-30(25)21-32-19-26(30)29(36)35-17-13-23(22-8-3-1-4-9-22)18-24(35)20-34-15-5-2-6-16-34/h1,3-4,8-9,11-12,23-24,26,32H,2,5-7,10,13-21H2/p+3/t23-,24+,26+,30+/m1/s1. The van der Waals surface area contributed by atoms with Crippen LogP contribution in [-0.2, 0) is 16.6 Å². The van der Waals surface area contributed by atoms with E-state index < -0.39 is 0 Å². The Morgan fingerprint density at radius 3 is 2.78 bits per heavy atom. The van der Waals surface area contributed by atoms with Gasteiger partial charge in [0.1, 0.15) is 5.92 Å². The Balaban J connectivity index is 1.28. The van der Waals surface area contributed by atoms with Gasteiger partial charge in [-0.1, -0.05) is 30.3 Å². The SMILES string of the molecule is O=C([C@@H]1C[NH2+]C[C@]12CCCc1[nH+]c(Br)ccc12)N1CC[C@@H](c2ccccc2)C[C@H]1C[NH+]1CCCCC1. The van der Waals surface area contributed by atoms with Crippen LogP contribution in [0.5, 0.6) is 0 Å². The summed E-state index contributed by atoms with van der Waals surface area (Å²) in [6, 6.07) is 15.8. The predicted molar refractivity (Wildman–Crippen MR) is 144 cm³/mol. The summed E-state index contributed by atoms with van der Waals surface area (Å²) in [6.07, 6.45) is 9.61. The first-order valence-corrected chi connectivity index (χ1v) is 15.2. The van der Waals surface area contributed by atoms with Crippen LogP contribution >= 0.6 is 15.9 Å². The lowest BCUT2D eigenvalue weighted by Crippen LogP contribution is -3.14. The predicted octanol–water partition coefficient (Wildman–Crippen LogP) is 1.87. The Labute approximate surface area is 224 Å². The lowest BCUT2D eigenvalue weighted by molar-refractivity contribution is -0.906. The molecule has 0 radical (unpaired) electrons. The first-order chi connectivity index (χ1) is 17.6. The summed E-state index contributed by atoms with van der Waals surface area (Å²) >= 11 is 3.63. The number of aryl methyl sites for hydroxylation is 1. The van der Waals surface area contributed by atoms with Crippen LogP contribution < -0.4 is 15.2 Å². The number of benzene rings is 1. The number of carbonyl (C=O) groups excluding carboxylic acids is 1. The summed E-state index contributed by atoms with van der Waals surface area (Å²) in [4.78, 5) is 22.2. The van der Waals surface area contributed by atoms with E-state index >= 15 is 0 Å². The molecule has 1 amide bonds. The number of nitrogens with zero attached hydrogens (tertiary/aromatic N) is 1. The second-order valence-corrected chi connectivity index (χ2v) is 12.7. The van der Waals surface area contributed by atoms with Crippen molar-refractivity contribution in [1.29, 1.82) is 0 Å². The molecule has 4 aliphatic rings. The molecule has 36 heavy (non-hydrogen) atoms. The second kappa shape index (κ2) is 10.5. The maximum atomic E-state index is 14.5. The lowest BCUT2D eigenvalue weighted by Gasteiger charge is -2.44. The fraction of sp³-hybridized carbons (Fsp3) is 0.600. The first kappa shape index (κ1) is 24.6. The number of nitrogens with two attached hydrogens (primary N) is 1. The van der Waals surface area contributed by atoms with E-state index in [1.165, 1.54) is 49.2 Å². The summed E-state index contributed by atoms with van der Waals surface area (Å²) in [7, 11) is 0. The van der Waals surface area contributed by atoms with Crippen LogP contribution in [0.2, 0.25) is 0 Å². The smallest absolute Gasteiger partial charge is 0.246 e. The Kier molecular flexibility index (Phi) is 7.20. The second-order valence-electron chi connectivity index (χ2n) is 11.8. The van der Waals surface area contributed by atoms with Gasteiger partial charge >= 0.3 is 0 Å². The molecule has 0 bridgehead atoms. The first-order valence-electron chi connectivity index (χ1n) is 14.4. The van der Waals surface area contributed by atoms with E-state index in [9.17, 15) is 4.79 Å². The molecular formula is C30H42BrN4O+3. The highest BCUT2D eigenvalue weighted by Gasteiger charge is 2.56. The van der Waals surface area contributed by atoms with Crippen molar-refractivity contribution in [3.8, 4) is 0 Å². The molecule has 1 aromatic carbocycles. The number of quaternary nitrogens is 2. The maximum absolute atomic E-state index is 14.5. The number of likely N-dealkylation sites (tertiary alicyclic amines) is 2. The molecule has 4 N–H and O–H groups in total. The molecule has 0 saturated carbocycles. The monoisotopic (exact) mass is 553 g/mol. The zero-order valence-electron chi connectivity index (χ0n) is 21.5. The van der Waals surface area contributed by atoms with Crippen molar-refractivity contribution >= 4 is 21.8 Å². The van der Waals surface area contributed by atoms with Crippen molar-refractivity contribution in [2.24, 2.45) is 5.92 Å². The van der Waals surface area contributed by atoms with E-state index in [-0.39, 0.29) is 11.3 Å². The third-order valence-corrected chi connectivity index (χ3v) is 10.3. The number of H-pyrrole nitrogens is 1. The van der Waals surface area contributed by atoms with Gasteiger partial charge in [0.05, 0.1) is 44.2 Å². The van der Waals surface area contributed by atoms with E-state index in [4.69, 9.17) is 0 Å². The van der Waals surface area contributed by atoms with E-state index in [1.54, 1.807) is 4.90 Å². The van der Waals surface area contributed by atoms with E-state index in [1.807, 2.05) is 0 Å². The molecule has 1 spiro atoms. The number of carbonyl (C=O) groups is 1. The molecule has 5 nitrogen and oxygen atoms in total. The van der Waals surface area contributed by atoms with Crippen molar-refractivity contribution < 1.29 is 20.0 Å². The molecule has 0 unspecified atom stereocenters. The molecule has 3 aliphatic heterocycles. The van der Waals surface area contributed by atoms with Crippen LogP contribution in [0.3, 0.4) is 0 Å². The minimum Gasteiger partial charge on any atom is -0.345 e. The number of amides is 1. The molecule has 1 aliphatic carbocycles. The summed E-state index contributed by atoms with van der Waals surface area (Å²) in [5.41, 5.74) is 4.17.